The van der Waals surface area contributed by atoms with Crippen molar-refractivity contribution in [2.45, 2.75) is 96.1 Å². The minimum Gasteiger partial charge on any atom is -0.382 e. The maximum atomic E-state index is 11.8. The molecule has 0 spiro atoms. The van der Waals surface area contributed by atoms with E-state index in [4.69, 9.17) is 0 Å². The Morgan fingerprint density at radius 3 is 2.47 bits per heavy atom. The Hall–Kier alpha value is -1.71. The minimum absolute atomic E-state index is 0.291. The van der Waals surface area contributed by atoms with Crippen LogP contribution in [0.15, 0.2) is 49.2 Å². The van der Waals surface area contributed by atoms with Gasteiger partial charge in [-0.2, -0.15) is 0 Å². The van der Waals surface area contributed by atoms with Gasteiger partial charge in [0.2, 0.25) is 0 Å². The van der Waals surface area contributed by atoms with Crippen LogP contribution in [0.25, 0.3) is 10.9 Å². The summed E-state index contributed by atoms with van der Waals surface area (Å²) in [5, 5.41) is 12.9. The molecule has 3 heteroatoms. The van der Waals surface area contributed by atoms with Gasteiger partial charge in [0.05, 0.1) is 25.2 Å². The van der Waals surface area contributed by atoms with Crippen LogP contribution in [0.2, 0.25) is 0 Å². The lowest BCUT2D eigenvalue weighted by Crippen LogP contribution is -2.68. The van der Waals surface area contributed by atoms with Gasteiger partial charge in [0.15, 0.2) is 0 Å². The molecule has 3 aliphatic heterocycles. The summed E-state index contributed by atoms with van der Waals surface area (Å²) < 4.78 is 1.09. The molecule has 3 fully saturated rings. The number of aliphatic hydroxyl groups is 1. The van der Waals surface area contributed by atoms with E-state index >= 15 is 0 Å². The number of nitrogens with zero attached hydrogens (tertiary/aromatic N) is 2. The highest BCUT2D eigenvalue weighted by Gasteiger charge is 2.53. The van der Waals surface area contributed by atoms with Crippen molar-refractivity contribution in [2.75, 3.05) is 19.6 Å². The second kappa shape index (κ2) is 12.3. The average Bonchev–Trinajstić information content (AvgIpc) is 2.89. The summed E-state index contributed by atoms with van der Waals surface area (Å²) in [6.07, 6.45) is 19.8. The van der Waals surface area contributed by atoms with Crippen molar-refractivity contribution in [3.63, 3.8) is 0 Å². The van der Waals surface area contributed by atoms with E-state index in [2.05, 4.69) is 48.8 Å². The third-order valence-electron chi connectivity index (χ3n) is 9.00. The van der Waals surface area contributed by atoms with Gasteiger partial charge in [0.25, 0.3) is 0 Å². The molecule has 186 valence electrons. The van der Waals surface area contributed by atoms with E-state index in [1.54, 1.807) is 0 Å². The van der Waals surface area contributed by atoms with Crippen molar-refractivity contribution in [3.05, 3.63) is 54.7 Å². The Morgan fingerprint density at radius 2 is 1.74 bits per heavy atom. The number of quaternary nitrogens is 1. The van der Waals surface area contributed by atoms with Gasteiger partial charge in [0.1, 0.15) is 12.1 Å². The molecule has 0 radical (unpaired) electrons. The van der Waals surface area contributed by atoms with Crippen LogP contribution in [-0.4, -0.2) is 40.2 Å². The largest absolute Gasteiger partial charge is 0.382 e. The molecule has 3 saturated heterocycles. The Balaban J connectivity index is 1.38. The molecule has 5 rings (SSSR count). The number of piperidine rings is 3. The smallest absolute Gasteiger partial charge is 0.131 e. The number of hydrogen-bond acceptors (Lipinski definition) is 2. The molecule has 1 unspecified atom stereocenters. The van der Waals surface area contributed by atoms with E-state index < -0.39 is 6.10 Å². The third-order valence-corrected chi connectivity index (χ3v) is 9.00. The summed E-state index contributed by atoms with van der Waals surface area (Å²) in [5.41, 5.74) is 2.05. The molecule has 34 heavy (non-hydrogen) atoms. The van der Waals surface area contributed by atoms with Crippen LogP contribution in [0.1, 0.15) is 95.6 Å². The van der Waals surface area contributed by atoms with E-state index in [-0.39, 0.29) is 0 Å². The predicted octanol–water partition coefficient (Wildman–Crippen LogP) is 7.60. The highest BCUT2D eigenvalue weighted by atomic mass is 16.3. The maximum absolute atomic E-state index is 11.8. The zero-order valence-corrected chi connectivity index (χ0v) is 21.5. The second-order valence-corrected chi connectivity index (χ2v) is 11.1. The normalized spacial score (nSPS) is 27.2. The van der Waals surface area contributed by atoms with Crippen LogP contribution in [0.3, 0.4) is 0 Å². The molecular weight excluding hydrogens is 416 g/mol. The highest BCUT2D eigenvalue weighted by molar-refractivity contribution is 5.82. The zero-order valence-electron chi connectivity index (χ0n) is 21.5. The van der Waals surface area contributed by atoms with Crippen LogP contribution < -0.4 is 0 Å². The quantitative estimate of drug-likeness (QED) is 0.178. The fourth-order valence-corrected chi connectivity index (χ4v) is 6.99. The van der Waals surface area contributed by atoms with Crippen LogP contribution in [-0.2, 0) is 0 Å². The molecule has 2 aromatic rings. The van der Waals surface area contributed by atoms with Gasteiger partial charge in [-0.05, 0) is 36.5 Å². The van der Waals surface area contributed by atoms with E-state index in [1.165, 1.54) is 83.7 Å². The van der Waals surface area contributed by atoms with E-state index in [0.29, 0.717) is 17.9 Å². The first-order valence-electron chi connectivity index (χ1n) is 14.2. The average molecular weight is 464 g/mol. The summed E-state index contributed by atoms with van der Waals surface area (Å²) in [4.78, 5) is 4.54. The standard InChI is InChI=1S/C31H47N2O/c1-3-5-6-7-8-9-10-11-12-15-21-33-22-19-26(25(4-2)24-33)23-30(33)31(34)28-18-20-32-29-17-14-13-16-27(28)29/h4,13-14,16-18,20,25-26,30-31,34H,2-3,5-12,15,19,21-24H2,1H3/q+1/t25-,26-,30+,31-,33?/m0/s1. The first-order chi connectivity index (χ1) is 16.7. The number of benzene rings is 1. The Kier molecular flexibility index (Phi) is 9.19. The van der Waals surface area contributed by atoms with Gasteiger partial charge >= 0.3 is 0 Å². The van der Waals surface area contributed by atoms with Gasteiger partial charge in [-0.3, -0.25) is 4.98 Å². The highest BCUT2D eigenvalue weighted by Crippen LogP contribution is 2.47. The monoisotopic (exact) mass is 463 g/mol. The number of aliphatic hydroxyl groups excluding tert-OH is 1. The SMILES string of the molecule is C=C[C@H]1C[N+]2(CCCCCCCCCCCC)CC[C@H]1C[C@@H]2[C@@H](O)c1ccnc2ccccc12. The van der Waals surface area contributed by atoms with Gasteiger partial charge in [0, 0.05) is 30.3 Å². The van der Waals surface area contributed by atoms with Crippen LogP contribution in [0.5, 0.6) is 0 Å². The summed E-state index contributed by atoms with van der Waals surface area (Å²) in [5.74, 6) is 1.28. The summed E-state index contributed by atoms with van der Waals surface area (Å²) >= 11 is 0. The van der Waals surface area contributed by atoms with Crippen LogP contribution in [0.4, 0.5) is 0 Å². The van der Waals surface area contributed by atoms with Crippen molar-refractivity contribution in [3.8, 4) is 0 Å². The first-order valence-corrected chi connectivity index (χ1v) is 14.2. The Labute approximate surface area is 207 Å². The summed E-state index contributed by atoms with van der Waals surface area (Å²) in [7, 11) is 0. The molecule has 0 aliphatic carbocycles. The lowest BCUT2D eigenvalue weighted by atomic mass is 9.71. The van der Waals surface area contributed by atoms with Gasteiger partial charge in [-0.1, -0.05) is 82.6 Å². The minimum atomic E-state index is -0.426. The van der Waals surface area contributed by atoms with Crippen molar-refractivity contribution in [1.82, 2.24) is 4.98 Å². The van der Waals surface area contributed by atoms with Crippen molar-refractivity contribution < 1.29 is 9.59 Å². The fraction of sp³-hybridized carbons (Fsp3) is 0.645. The molecule has 2 bridgehead atoms. The molecule has 3 nitrogen and oxygen atoms in total. The molecule has 1 aromatic carbocycles. The van der Waals surface area contributed by atoms with Crippen molar-refractivity contribution >= 4 is 10.9 Å². The molecule has 0 amide bonds. The number of hydrogen-bond donors (Lipinski definition) is 1. The van der Waals surface area contributed by atoms with Gasteiger partial charge in [-0.25, -0.2) is 0 Å². The molecular formula is C31H47N2O+. The zero-order chi connectivity index (χ0) is 23.8. The number of fused-ring (bicyclic) bond motifs is 4. The number of pyridine rings is 1. The predicted molar refractivity (Wildman–Crippen MR) is 144 cm³/mol. The number of aromatic nitrogens is 1. The Bertz CT molecular complexity index is 906. The van der Waals surface area contributed by atoms with Crippen molar-refractivity contribution in [1.29, 1.82) is 0 Å². The number of unbranched alkanes of at least 4 members (excludes halogenated alkanes) is 9. The van der Waals surface area contributed by atoms with Gasteiger partial charge < -0.3 is 9.59 Å². The Morgan fingerprint density at radius 1 is 1.03 bits per heavy atom. The lowest BCUT2D eigenvalue weighted by molar-refractivity contribution is -0.973. The lowest BCUT2D eigenvalue weighted by Gasteiger charge is -2.58. The molecule has 0 saturated carbocycles. The fourth-order valence-electron chi connectivity index (χ4n) is 6.99. The van der Waals surface area contributed by atoms with Crippen molar-refractivity contribution in [2.24, 2.45) is 11.8 Å². The number of para-hydroxylation sites is 1. The van der Waals surface area contributed by atoms with Gasteiger partial charge in [-0.15, -0.1) is 6.58 Å². The van der Waals surface area contributed by atoms with E-state index in [9.17, 15) is 5.11 Å². The number of rotatable bonds is 14. The van der Waals surface area contributed by atoms with E-state index in [1.807, 2.05) is 12.3 Å². The molecule has 1 N–H and O–H groups in total. The maximum Gasteiger partial charge on any atom is 0.131 e. The third kappa shape index (κ3) is 5.74. The van der Waals surface area contributed by atoms with E-state index in [0.717, 1.165) is 33.9 Å². The molecule has 4 heterocycles. The summed E-state index contributed by atoms with van der Waals surface area (Å²) in [6, 6.07) is 10.6. The molecule has 3 aliphatic rings. The van der Waals surface area contributed by atoms with Crippen LogP contribution in [0, 0.1) is 11.8 Å². The molecule has 5 atom stereocenters. The summed E-state index contributed by atoms with van der Waals surface area (Å²) in [6.45, 7) is 10.1. The molecule has 1 aromatic heterocycles. The topological polar surface area (TPSA) is 33.1 Å². The second-order valence-electron chi connectivity index (χ2n) is 11.1. The first kappa shape index (κ1) is 25.4. The van der Waals surface area contributed by atoms with Crippen LogP contribution >= 0.6 is 0 Å².